The van der Waals surface area contributed by atoms with Gasteiger partial charge in [0.05, 0.1) is 0 Å². The van der Waals surface area contributed by atoms with Gasteiger partial charge in [0.1, 0.15) is 0 Å². The second kappa shape index (κ2) is 4.32. The van der Waals surface area contributed by atoms with E-state index >= 15 is 0 Å². The lowest BCUT2D eigenvalue weighted by Crippen LogP contribution is -2.34. The monoisotopic (exact) mass is 234 g/mol. The molecular weight excluding hydrogens is 212 g/mol. The zero-order valence-corrected chi connectivity index (χ0v) is 11.0. The van der Waals surface area contributed by atoms with E-state index in [1.54, 1.807) is 12.5 Å². The Bertz CT molecular complexity index is 403. The maximum absolute atomic E-state index is 11.1. The van der Waals surface area contributed by atoms with Crippen LogP contribution in [0.5, 0.6) is 0 Å². The molecule has 17 heavy (non-hydrogen) atoms. The molecule has 0 spiro atoms. The summed E-state index contributed by atoms with van der Waals surface area (Å²) in [6.45, 7) is 6.38. The van der Waals surface area contributed by atoms with Gasteiger partial charge in [-0.2, -0.15) is 0 Å². The van der Waals surface area contributed by atoms with Crippen molar-refractivity contribution in [1.82, 2.24) is 0 Å². The highest BCUT2D eigenvalue weighted by Gasteiger charge is 2.40. The zero-order valence-electron chi connectivity index (χ0n) is 11.0. The molecule has 0 aromatic carbocycles. The van der Waals surface area contributed by atoms with Gasteiger partial charge in [-0.15, -0.1) is 0 Å². The van der Waals surface area contributed by atoms with Crippen LogP contribution < -0.4 is 0 Å². The summed E-state index contributed by atoms with van der Waals surface area (Å²) < 4.78 is 0. The summed E-state index contributed by atoms with van der Waals surface area (Å²) in [5, 5.41) is 9.11. The van der Waals surface area contributed by atoms with E-state index in [0.29, 0.717) is 11.5 Å². The number of hydrogen-bond acceptors (Lipinski definition) is 1. The fraction of sp³-hybridized carbons (Fsp3) is 0.667. The molecule has 0 heterocycles. The molecule has 2 aliphatic carbocycles. The molecule has 2 nitrogen and oxygen atoms in total. The van der Waals surface area contributed by atoms with E-state index in [0.717, 1.165) is 24.8 Å². The maximum Gasteiger partial charge on any atom is 0.331 e. The Hall–Kier alpha value is -1.05. The van der Waals surface area contributed by atoms with Gasteiger partial charge in [0.25, 0.3) is 0 Å². The summed E-state index contributed by atoms with van der Waals surface area (Å²) in [5.41, 5.74) is 3.51. The molecule has 0 radical (unpaired) electrons. The van der Waals surface area contributed by atoms with E-state index in [1.807, 2.05) is 0 Å². The lowest BCUT2D eigenvalue weighted by atomic mass is 9.59. The van der Waals surface area contributed by atoms with Crippen LogP contribution in [-0.4, -0.2) is 11.1 Å². The van der Waals surface area contributed by atoms with Gasteiger partial charge in [-0.1, -0.05) is 31.1 Å². The summed E-state index contributed by atoms with van der Waals surface area (Å²) in [6.07, 6.45) is 7.76. The molecule has 0 saturated heterocycles. The first-order chi connectivity index (χ1) is 7.95. The van der Waals surface area contributed by atoms with Crippen LogP contribution in [0.1, 0.15) is 52.9 Å². The van der Waals surface area contributed by atoms with Crippen molar-refractivity contribution >= 4 is 5.97 Å². The van der Waals surface area contributed by atoms with Crippen molar-refractivity contribution in [2.24, 2.45) is 11.3 Å². The van der Waals surface area contributed by atoms with Gasteiger partial charge in [-0.3, -0.25) is 0 Å². The average Bonchev–Trinajstić information content (AvgIpc) is 2.29. The molecule has 0 bridgehead atoms. The van der Waals surface area contributed by atoms with Crippen molar-refractivity contribution in [3.63, 3.8) is 0 Å². The number of aliphatic carboxylic acids is 1. The van der Waals surface area contributed by atoms with Crippen molar-refractivity contribution in [2.45, 2.75) is 52.9 Å². The SMILES string of the molecule is C/C(C(=O)O)=C1/CCC2=CCC[C@@H](C)[C@]2(C)C1. The van der Waals surface area contributed by atoms with Crippen LogP contribution in [0.2, 0.25) is 0 Å². The fourth-order valence-corrected chi connectivity index (χ4v) is 3.34. The molecule has 1 N–H and O–H groups in total. The van der Waals surface area contributed by atoms with E-state index < -0.39 is 5.97 Å². The van der Waals surface area contributed by atoms with Crippen LogP contribution >= 0.6 is 0 Å². The highest BCUT2D eigenvalue weighted by Crippen LogP contribution is 2.52. The van der Waals surface area contributed by atoms with Crippen molar-refractivity contribution in [3.05, 3.63) is 22.8 Å². The van der Waals surface area contributed by atoms with E-state index in [9.17, 15) is 4.79 Å². The van der Waals surface area contributed by atoms with E-state index in [4.69, 9.17) is 5.11 Å². The first-order valence-electron chi connectivity index (χ1n) is 6.56. The van der Waals surface area contributed by atoms with Crippen molar-refractivity contribution in [3.8, 4) is 0 Å². The number of carboxylic acids is 1. The predicted octanol–water partition coefficient (Wildman–Crippen LogP) is 3.93. The molecule has 94 valence electrons. The van der Waals surface area contributed by atoms with E-state index in [2.05, 4.69) is 19.9 Å². The Balaban J connectivity index is 2.33. The highest BCUT2D eigenvalue weighted by molar-refractivity contribution is 5.86. The van der Waals surface area contributed by atoms with E-state index in [-0.39, 0.29) is 5.41 Å². The van der Waals surface area contributed by atoms with Gasteiger partial charge in [0.15, 0.2) is 0 Å². The van der Waals surface area contributed by atoms with Crippen molar-refractivity contribution in [1.29, 1.82) is 0 Å². The third-order valence-corrected chi connectivity index (χ3v) is 4.94. The first kappa shape index (κ1) is 12.4. The number of allylic oxidation sites excluding steroid dienone is 3. The Morgan fingerprint density at radius 3 is 2.82 bits per heavy atom. The lowest BCUT2D eigenvalue weighted by Gasteiger charge is -2.45. The molecule has 1 fully saturated rings. The number of rotatable bonds is 1. The van der Waals surface area contributed by atoms with Gasteiger partial charge in [0.2, 0.25) is 0 Å². The topological polar surface area (TPSA) is 37.3 Å². The maximum atomic E-state index is 11.1. The molecule has 0 aromatic rings. The Labute approximate surface area is 103 Å². The minimum Gasteiger partial charge on any atom is -0.478 e. The number of carboxylic acid groups (broad SMARTS) is 1. The molecule has 0 unspecified atom stereocenters. The fourth-order valence-electron chi connectivity index (χ4n) is 3.34. The third kappa shape index (κ3) is 2.05. The molecule has 0 amide bonds. The quantitative estimate of drug-likeness (QED) is 0.551. The van der Waals surface area contributed by atoms with Gasteiger partial charge in [-0.05, 0) is 50.4 Å². The number of fused-ring (bicyclic) bond motifs is 1. The van der Waals surface area contributed by atoms with Crippen molar-refractivity contribution < 1.29 is 9.90 Å². The summed E-state index contributed by atoms with van der Waals surface area (Å²) in [5.74, 6) is -0.0844. The summed E-state index contributed by atoms with van der Waals surface area (Å²) >= 11 is 0. The van der Waals surface area contributed by atoms with E-state index in [1.165, 1.54) is 12.8 Å². The Kier molecular flexibility index (Phi) is 3.15. The smallest absolute Gasteiger partial charge is 0.331 e. The minimum absolute atomic E-state index is 0.211. The van der Waals surface area contributed by atoms with Gasteiger partial charge < -0.3 is 5.11 Å². The standard InChI is InChI=1S/C15H22O2/c1-10-5-4-6-13-8-7-12(9-15(10,13)3)11(2)14(16)17/h6,10H,4-5,7-9H2,1-3H3,(H,16,17)/b12-11+/t10-,15+/m1/s1. The van der Waals surface area contributed by atoms with Crippen LogP contribution in [-0.2, 0) is 4.79 Å². The first-order valence-corrected chi connectivity index (χ1v) is 6.56. The number of hydrogen-bond donors (Lipinski definition) is 1. The molecular formula is C15H22O2. The third-order valence-electron chi connectivity index (χ3n) is 4.94. The lowest BCUT2D eigenvalue weighted by molar-refractivity contribution is -0.132. The summed E-state index contributed by atoms with van der Waals surface area (Å²) in [4.78, 5) is 11.1. The molecule has 0 aliphatic heterocycles. The van der Waals surface area contributed by atoms with Crippen LogP contribution in [0, 0.1) is 11.3 Å². The number of carbonyl (C=O) groups is 1. The normalized spacial score (nSPS) is 35.9. The van der Waals surface area contributed by atoms with Gasteiger partial charge >= 0.3 is 5.97 Å². The second-order valence-corrected chi connectivity index (χ2v) is 5.84. The summed E-state index contributed by atoms with van der Waals surface area (Å²) in [7, 11) is 0. The molecule has 0 aromatic heterocycles. The van der Waals surface area contributed by atoms with Crippen LogP contribution in [0.3, 0.4) is 0 Å². The van der Waals surface area contributed by atoms with Gasteiger partial charge in [0, 0.05) is 5.57 Å². The van der Waals surface area contributed by atoms with Crippen LogP contribution in [0.25, 0.3) is 0 Å². The molecule has 1 saturated carbocycles. The highest BCUT2D eigenvalue weighted by atomic mass is 16.4. The second-order valence-electron chi connectivity index (χ2n) is 5.84. The largest absolute Gasteiger partial charge is 0.478 e. The molecule has 2 heteroatoms. The van der Waals surface area contributed by atoms with Crippen LogP contribution in [0.15, 0.2) is 22.8 Å². The Morgan fingerprint density at radius 1 is 1.47 bits per heavy atom. The van der Waals surface area contributed by atoms with Crippen molar-refractivity contribution in [2.75, 3.05) is 0 Å². The predicted molar refractivity (Wildman–Crippen MR) is 68.8 cm³/mol. The molecule has 2 atom stereocenters. The molecule has 2 aliphatic rings. The van der Waals surface area contributed by atoms with Gasteiger partial charge in [-0.25, -0.2) is 4.79 Å². The zero-order chi connectivity index (χ0) is 12.6. The van der Waals surface area contributed by atoms with Crippen LogP contribution in [0.4, 0.5) is 0 Å². The minimum atomic E-state index is -0.750. The summed E-state index contributed by atoms with van der Waals surface area (Å²) in [6, 6.07) is 0. The Morgan fingerprint density at radius 2 is 2.18 bits per heavy atom. The average molecular weight is 234 g/mol. The molecule has 2 rings (SSSR count).